The van der Waals surface area contributed by atoms with E-state index in [4.69, 9.17) is 9.47 Å². The number of nitrogens with zero attached hydrogens (tertiary/aromatic N) is 6. The number of benzene rings is 2. The summed E-state index contributed by atoms with van der Waals surface area (Å²) in [6, 6.07) is 12.4. The molecule has 2 aromatic heterocycles. The van der Waals surface area contributed by atoms with Crippen molar-refractivity contribution >= 4 is 29.3 Å². The molecule has 1 aliphatic rings. The molecule has 0 amide bonds. The fourth-order valence-corrected chi connectivity index (χ4v) is 4.21. The fraction of sp³-hybridized carbons (Fsp3) is 0.231. The van der Waals surface area contributed by atoms with E-state index < -0.39 is 4.92 Å². The Morgan fingerprint density at radius 3 is 2.61 bits per heavy atom. The maximum atomic E-state index is 11.9. The van der Waals surface area contributed by atoms with Crippen LogP contribution in [0.1, 0.15) is 15.9 Å². The third-order valence-electron chi connectivity index (χ3n) is 6.16. The lowest BCUT2D eigenvalue weighted by Gasteiger charge is -2.29. The molecule has 2 aromatic carbocycles. The number of nitro groups is 1. The Hall–Kier alpha value is -4.84. The van der Waals surface area contributed by atoms with Gasteiger partial charge in [-0.1, -0.05) is 29.8 Å². The summed E-state index contributed by atoms with van der Waals surface area (Å²) in [4.78, 5) is 33.9. The minimum Gasteiger partial charge on any atom is -0.494 e. The van der Waals surface area contributed by atoms with Crippen molar-refractivity contribution in [2.45, 2.75) is 6.92 Å². The van der Waals surface area contributed by atoms with E-state index in [9.17, 15) is 14.9 Å². The molecule has 12 heteroatoms. The maximum absolute atomic E-state index is 11.9. The monoisotopic (exact) mass is 515 g/mol. The number of aromatic nitrogens is 4. The molecule has 0 unspecified atom stereocenters. The van der Waals surface area contributed by atoms with Gasteiger partial charge in [-0.05, 0) is 6.92 Å². The first-order chi connectivity index (χ1) is 18.5. The normalized spacial score (nSPS) is 13.3. The van der Waals surface area contributed by atoms with E-state index >= 15 is 0 Å². The van der Waals surface area contributed by atoms with Gasteiger partial charge >= 0.3 is 0 Å². The number of hydrogen-bond donors (Lipinski definition) is 1. The molecule has 4 aromatic rings. The molecule has 0 atom stereocenters. The van der Waals surface area contributed by atoms with Gasteiger partial charge in [0, 0.05) is 49.2 Å². The molecule has 1 fully saturated rings. The minimum absolute atomic E-state index is 0.0724. The number of rotatable bonds is 8. The summed E-state index contributed by atoms with van der Waals surface area (Å²) in [5.74, 6) is 0.978. The lowest BCUT2D eigenvalue weighted by molar-refractivity contribution is -0.384. The number of morpholine rings is 1. The number of aldehydes is 1. The van der Waals surface area contributed by atoms with Crippen molar-refractivity contribution in [1.29, 1.82) is 0 Å². The number of anilines is 3. The number of ether oxygens (including phenoxy) is 2. The minimum atomic E-state index is -0.427. The number of carbonyl (C=O) groups is 1. The lowest BCUT2D eigenvalue weighted by Crippen LogP contribution is -2.36. The third kappa shape index (κ3) is 5.02. The molecule has 5 rings (SSSR count). The van der Waals surface area contributed by atoms with E-state index in [2.05, 4.69) is 20.4 Å². The van der Waals surface area contributed by atoms with E-state index in [1.807, 2.05) is 36.1 Å². The molecule has 1 N–H and O–H groups in total. The Morgan fingerprint density at radius 1 is 1.16 bits per heavy atom. The van der Waals surface area contributed by atoms with E-state index in [1.165, 1.54) is 24.1 Å². The molecule has 0 spiro atoms. The zero-order valence-electron chi connectivity index (χ0n) is 20.8. The van der Waals surface area contributed by atoms with Crippen LogP contribution in [0.15, 0.2) is 54.9 Å². The van der Waals surface area contributed by atoms with Gasteiger partial charge in [-0.25, -0.2) is 9.67 Å². The van der Waals surface area contributed by atoms with E-state index in [-0.39, 0.29) is 11.6 Å². The van der Waals surface area contributed by atoms with Crippen LogP contribution < -0.4 is 15.0 Å². The average Bonchev–Trinajstić information content (AvgIpc) is 3.38. The van der Waals surface area contributed by atoms with E-state index in [1.54, 1.807) is 18.3 Å². The Kier molecular flexibility index (Phi) is 6.96. The van der Waals surface area contributed by atoms with E-state index in [0.29, 0.717) is 60.5 Å². The fourth-order valence-electron chi connectivity index (χ4n) is 4.21. The summed E-state index contributed by atoms with van der Waals surface area (Å²) in [6.07, 6.45) is 3.87. The van der Waals surface area contributed by atoms with Crippen LogP contribution in [0.3, 0.4) is 0 Å². The van der Waals surface area contributed by atoms with Crippen LogP contribution in [-0.2, 0) is 4.74 Å². The second-order valence-corrected chi connectivity index (χ2v) is 8.62. The second kappa shape index (κ2) is 10.6. The summed E-state index contributed by atoms with van der Waals surface area (Å²) < 4.78 is 12.4. The van der Waals surface area contributed by atoms with Gasteiger partial charge in [0.2, 0.25) is 5.95 Å². The number of methoxy groups -OCH3 is 1. The van der Waals surface area contributed by atoms with Gasteiger partial charge in [-0.3, -0.25) is 14.9 Å². The highest BCUT2D eigenvalue weighted by Crippen LogP contribution is 2.39. The molecule has 0 saturated carbocycles. The number of nitrogens with one attached hydrogen (secondary N) is 1. The molecule has 12 nitrogen and oxygen atoms in total. The Morgan fingerprint density at radius 2 is 1.92 bits per heavy atom. The van der Waals surface area contributed by atoms with Gasteiger partial charge in [0.15, 0.2) is 12.1 Å². The van der Waals surface area contributed by atoms with Crippen molar-refractivity contribution in [3.63, 3.8) is 0 Å². The molecule has 1 saturated heterocycles. The Bertz CT molecular complexity index is 1480. The van der Waals surface area contributed by atoms with Crippen molar-refractivity contribution in [1.82, 2.24) is 19.7 Å². The molecular weight excluding hydrogens is 490 g/mol. The number of carbonyl (C=O) groups excluding carboxylic acids is 1. The molecule has 38 heavy (non-hydrogen) atoms. The van der Waals surface area contributed by atoms with Crippen molar-refractivity contribution < 1.29 is 19.2 Å². The van der Waals surface area contributed by atoms with Crippen LogP contribution in [-0.4, -0.2) is 64.4 Å². The van der Waals surface area contributed by atoms with Crippen molar-refractivity contribution in [3.8, 4) is 22.8 Å². The van der Waals surface area contributed by atoms with E-state index in [0.717, 1.165) is 17.4 Å². The van der Waals surface area contributed by atoms with Crippen LogP contribution in [0.4, 0.5) is 23.0 Å². The molecule has 1 aliphatic heterocycles. The van der Waals surface area contributed by atoms with Gasteiger partial charge in [-0.2, -0.15) is 10.1 Å². The van der Waals surface area contributed by atoms with Crippen LogP contribution in [0.25, 0.3) is 17.1 Å². The smallest absolute Gasteiger partial charge is 0.294 e. The predicted octanol–water partition coefficient (Wildman–Crippen LogP) is 3.95. The van der Waals surface area contributed by atoms with Crippen LogP contribution in [0.5, 0.6) is 5.75 Å². The zero-order valence-corrected chi connectivity index (χ0v) is 20.8. The highest BCUT2D eigenvalue weighted by molar-refractivity contribution is 5.85. The average molecular weight is 516 g/mol. The van der Waals surface area contributed by atoms with Crippen molar-refractivity contribution in [3.05, 3.63) is 76.1 Å². The highest BCUT2D eigenvalue weighted by atomic mass is 16.6. The summed E-state index contributed by atoms with van der Waals surface area (Å²) in [5.41, 5.74) is 3.57. The summed E-state index contributed by atoms with van der Waals surface area (Å²) in [7, 11) is 1.49. The van der Waals surface area contributed by atoms with Gasteiger partial charge in [0.05, 0.1) is 36.5 Å². The van der Waals surface area contributed by atoms with Gasteiger partial charge < -0.3 is 19.7 Å². The summed E-state index contributed by atoms with van der Waals surface area (Å²) in [6.45, 7) is 4.05. The molecule has 0 bridgehead atoms. The topological polar surface area (TPSA) is 138 Å². The van der Waals surface area contributed by atoms with Gasteiger partial charge in [-0.15, -0.1) is 0 Å². The van der Waals surface area contributed by atoms with Crippen LogP contribution >= 0.6 is 0 Å². The standard InChI is InChI=1S/C26H25N7O5/c1-17-3-5-18(6-4-17)25-19(16-34)15-32(30-25)24-7-8-27-26(29-24)28-20-13-22(33(35)36)21(14-23(20)37-2)31-9-11-38-12-10-31/h3-8,13-16H,9-12H2,1-2H3,(H,27,28,29). The number of nitro benzene ring substituents is 1. The van der Waals surface area contributed by atoms with Gasteiger partial charge in [0.1, 0.15) is 17.1 Å². The number of aryl methyl sites for hydroxylation is 1. The number of hydrogen-bond acceptors (Lipinski definition) is 10. The predicted molar refractivity (Wildman–Crippen MR) is 141 cm³/mol. The maximum Gasteiger partial charge on any atom is 0.294 e. The lowest BCUT2D eigenvalue weighted by atomic mass is 10.1. The summed E-state index contributed by atoms with van der Waals surface area (Å²) in [5, 5.41) is 19.5. The Balaban J connectivity index is 1.47. The first kappa shape index (κ1) is 24.8. The molecule has 0 aliphatic carbocycles. The molecular formula is C26H25N7O5. The van der Waals surface area contributed by atoms with Crippen molar-refractivity contribution in [2.75, 3.05) is 43.6 Å². The van der Waals surface area contributed by atoms with Gasteiger partial charge in [0.25, 0.3) is 5.69 Å². The highest BCUT2D eigenvalue weighted by Gasteiger charge is 2.25. The third-order valence-corrected chi connectivity index (χ3v) is 6.16. The largest absolute Gasteiger partial charge is 0.494 e. The second-order valence-electron chi connectivity index (χ2n) is 8.62. The molecule has 194 valence electrons. The SMILES string of the molecule is COc1cc(N2CCOCC2)c([N+](=O)[O-])cc1Nc1nccc(-n2cc(C=O)c(-c3ccc(C)cc3)n2)n1. The van der Waals surface area contributed by atoms with Crippen LogP contribution in [0, 0.1) is 17.0 Å². The van der Waals surface area contributed by atoms with Crippen molar-refractivity contribution in [2.24, 2.45) is 0 Å². The van der Waals surface area contributed by atoms with Crippen LogP contribution in [0.2, 0.25) is 0 Å². The first-order valence-electron chi connectivity index (χ1n) is 11.9. The summed E-state index contributed by atoms with van der Waals surface area (Å²) >= 11 is 0. The molecule has 3 heterocycles. The Labute approximate surface area is 218 Å². The zero-order chi connectivity index (χ0) is 26.6. The molecule has 0 radical (unpaired) electrons. The first-order valence-corrected chi connectivity index (χ1v) is 11.9. The quantitative estimate of drug-likeness (QED) is 0.209.